The van der Waals surface area contributed by atoms with Crippen molar-refractivity contribution in [3.05, 3.63) is 35.9 Å². The summed E-state index contributed by atoms with van der Waals surface area (Å²) in [7, 11) is 0. The lowest BCUT2D eigenvalue weighted by molar-refractivity contribution is -0.140. The fraction of sp³-hybridized carbons (Fsp3) is 0.250. The molecule has 0 heterocycles. The van der Waals surface area contributed by atoms with Crippen LogP contribution in [0.1, 0.15) is 12.0 Å². The Bertz CT molecular complexity index is 462. The molecule has 0 saturated heterocycles. The fourth-order valence-corrected chi connectivity index (χ4v) is 1.42. The Labute approximate surface area is 114 Å². The zero-order chi connectivity index (χ0) is 14.3. The molecule has 0 radical (unpaired) electrons. The number of carboxylic acids is 1. The highest BCUT2D eigenvalue weighted by Crippen LogP contribution is 2.02. The zero-order valence-electron chi connectivity index (χ0n) is 9.84. The van der Waals surface area contributed by atoms with Crippen LogP contribution in [0, 0.1) is 0 Å². The van der Waals surface area contributed by atoms with E-state index in [-0.39, 0.29) is 6.61 Å². The first-order chi connectivity index (χ1) is 8.99. The summed E-state index contributed by atoms with van der Waals surface area (Å²) < 4.78 is 4.82. The lowest BCUT2D eigenvalue weighted by Gasteiger charge is -2.12. The number of carbonyl (C=O) groups is 3. The van der Waals surface area contributed by atoms with Crippen LogP contribution >= 0.6 is 11.6 Å². The Kier molecular flexibility index (Phi) is 5.81. The summed E-state index contributed by atoms with van der Waals surface area (Å²) in [5, 5.41) is 9.98. The molecule has 102 valence electrons. The molecule has 1 aromatic carbocycles. The second-order valence-corrected chi connectivity index (χ2v) is 4.08. The van der Waals surface area contributed by atoms with Crippen LogP contribution in [0.25, 0.3) is 0 Å². The van der Waals surface area contributed by atoms with Gasteiger partial charge in [-0.05, 0) is 17.2 Å². The second kappa shape index (κ2) is 7.38. The van der Waals surface area contributed by atoms with Crippen molar-refractivity contribution >= 4 is 28.9 Å². The minimum Gasteiger partial charge on any atom is -0.480 e. The number of alkyl carbamates (subject to hydrolysis) is 1. The van der Waals surface area contributed by atoms with Gasteiger partial charge in [0.2, 0.25) is 5.24 Å². The van der Waals surface area contributed by atoms with E-state index in [1.54, 1.807) is 24.3 Å². The van der Waals surface area contributed by atoms with E-state index in [2.05, 4.69) is 5.32 Å². The summed E-state index contributed by atoms with van der Waals surface area (Å²) in [6.07, 6.45) is -1.42. The molecule has 0 aromatic heterocycles. The van der Waals surface area contributed by atoms with Gasteiger partial charge in [-0.25, -0.2) is 9.59 Å². The molecule has 7 heteroatoms. The van der Waals surface area contributed by atoms with Crippen molar-refractivity contribution < 1.29 is 24.2 Å². The Balaban J connectivity index is 2.45. The third kappa shape index (κ3) is 5.87. The number of amides is 1. The van der Waals surface area contributed by atoms with Gasteiger partial charge in [-0.15, -0.1) is 0 Å². The van der Waals surface area contributed by atoms with Crippen molar-refractivity contribution in [1.29, 1.82) is 0 Å². The van der Waals surface area contributed by atoms with Gasteiger partial charge in [-0.3, -0.25) is 4.79 Å². The van der Waals surface area contributed by atoms with Crippen molar-refractivity contribution in [2.24, 2.45) is 0 Å². The first kappa shape index (κ1) is 15.0. The maximum Gasteiger partial charge on any atom is 0.408 e. The molecule has 0 aliphatic carbocycles. The Morgan fingerprint density at radius 3 is 2.42 bits per heavy atom. The van der Waals surface area contributed by atoms with E-state index in [9.17, 15) is 14.4 Å². The maximum atomic E-state index is 11.4. The van der Waals surface area contributed by atoms with E-state index < -0.39 is 29.8 Å². The van der Waals surface area contributed by atoms with E-state index in [1.807, 2.05) is 6.07 Å². The molecule has 1 aromatic rings. The standard InChI is InChI=1S/C12H12ClNO5/c13-10(15)6-9(11(16)17)14-12(18)19-7-8-4-2-1-3-5-8/h1-5,9H,6-7H2,(H,14,18)(H,16,17)/t9-/m0/s1. The molecular formula is C12H12ClNO5. The molecule has 0 saturated carbocycles. The van der Waals surface area contributed by atoms with Crippen molar-refractivity contribution in [2.45, 2.75) is 19.1 Å². The average molecular weight is 286 g/mol. The summed E-state index contributed by atoms with van der Waals surface area (Å²) in [4.78, 5) is 32.8. The van der Waals surface area contributed by atoms with Gasteiger partial charge in [0.15, 0.2) is 0 Å². The third-order valence-corrected chi connectivity index (χ3v) is 2.32. The van der Waals surface area contributed by atoms with Gasteiger partial charge in [0.1, 0.15) is 12.6 Å². The Hall–Kier alpha value is -2.08. The van der Waals surface area contributed by atoms with Gasteiger partial charge < -0.3 is 15.2 Å². The number of hydrogen-bond donors (Lipinski definition) is 2. The molecular weight excluding hydrogens is 274 g/mol. The van der Waals surface area contributed by atoms with Crippen LogP contribution in [0.3, 0.4) is 0 Å². The predicted octanol–water partition coefficient (Wildman–Crippen LogP) is 1.52. The van der Waals surface area contributed by atoms with Gasteiger partial charge in [-0.1, -0.05) is 30.3 Å². The molecule has 1 atom stereocenters. The topological polar surface area (TPSA) is 92.7 Å². The molecule has 19 heavy (non-hydrogen) atoms. The summed E-state index contributed by atoms with van der Waals surface area (Å²) in [6.45, 7) is 0.00777. The first-order valence-corrected chi connectivity index (χ1v) is 5.75. The number of benzene rings is 1. The van der Waals surface area contributed by atoms with Crippen LogP contribution in [0.5, 0.6) is 0 Å². The van der Waals surface area contributed by atoms with E-state index in [0.717, 1.165) is 5.56 Å². The van der Waals surface area contributed by atoms with Crippen molar-refractivity contribution in [1.82, 2.24) is 5.32 Å². The molecule has 1 amide bonds. The number of carboxylic acid groups (broad SMARTS) is 1. The summed E-state index contributed by atoms with van der Waals surface area (Å²) in [6, 6.07) is 7.49. The number of rotatable bonds is 6. The number of nitrogens with one attached hydrogen (secondary N) is 1. The van der Waals surface area contributed by atoms with Gasteiger partial charge in [-0.2, -0.15) is 0 Å². The third-order valence-electron chi connectivity index (χ3n) is 2.17. The van der Waals surface area contributed by atoms with Crippen LogP contribution in [-0.2, 0) is 20.9 Å². The number of halogens is 1. The molecule has 6 nitrogen and oxygen atoms in total. The van der Waals surface area contributed by atoms with Crippen LogP contribution in [0.2, 0.25) is 0 Å². The molecule has 1 rings (SSSR count). The van der Waals surface area contributed by atoms with Crippen molar-refractivity contribution in [3.63, 3.8) is 0 Å². The quantitative estimate of drug-likeness (QED) is 0.773. The van der Waals surface area contributed by atoms with E-state index in [0.29, 0.717) is 0 Å². The fourth-order valence-electron chi connectivity index (χ4n) is 1.27. The highest BCUT2D eigenvalue weighted by Gasteiger charge is 2.23. The van der Waals surface area contributed by atoms with Crippen molar-refractivity contribution in [2.75, 3.05) is 0 Å². The number of hydrogen-bond acceptors (Lipinski definition) is 4. The van der Waals surface area contributed by atoms with Gasteiger partial charge in [0, 0.05) is 0 Å². The predicted molar refractivity (Wildman–Crippen MR) is 66.7 cm³/mol. The van der Waals surface area contributed by atoms with Crippen molar-refractivity contribution in [3.8, 4) is 0 Å². The summed E-state index contributed by atoms with van der Waals surface area (Å²) in [5.41, 5.74) is 0.762. The molecule has 0 aliphatic heterocycles. The lowest BCUT2D eigenvalue weighted by Crippen LogP contribution is -2.41. The normalized spacial score (nSPS) is 11.4. The minimum absolute atomic E-state index is 0.00777. The average Bonchev–Trinajstić information content (AvgIpc) is 2.36. The molecule has 2 N–H and O–H groups in total. The lowest BCUT2D eigenvalue weighted by atomic mass is 10.2. The highest BCUT2D eigenvalue weighted by molar-refractivity contribution is 6.63. The Morgan fingerprint density at radius 2 is 1.89 bits per heavy atom. The highest BCUT2D eigenvalue weighted by atomic mass is 35.5. The number of ether oxygens (including phenoxy) is 1. The smallest absolute Gasteiger partial charge is 0.408 e. The SMILES string of the molecule is O=C(Cl)C[C@H](NC(=O)OCc1ccccc1)C(=O)O. The largest absolute Gasteiger partial charge is 0.480 e. The summed E-state index contributed by atoms with van der Waals surface area (Å²) >= 11 is 5.08. The van der Waals surface area contributed by atoms with Crippen LogP contribution in [-0.4, -0.2) is 28.5 Å². The summed E-state index contributed by atoms with van der Waals surface area (Å²) in [5.74, 6) is -1.36. The monoisotopic (exact) mass is 285 g/mol. The van der Waals surface area contributed by atoms with Gasteiger partial charge >= 0.3 is 12.1 Å². The van der Waals surface area contributed by atoms with Gasteiger partial charge in [0.25, 0.3) is 0 Å². The van der Waals surface area contributed by atoms with Crippen LogP contribution in [0.4, 0.5) is 4.79 Å². The molecule has 0 unspecified atom stereocenters. The molecule has 0 fully saturated rings. The second-order valence-electron chi connectivity index (χ2n) is 3.66. The Morgan fingerprint density at radius 1 is 1.26 bits per heavy atom. The van der Waals surface area contributed by atoms with Crippen LogP contribution in [0.15, 0.2) is 30.3 Å². The maximum absolute atomic E-state index is 11.4. The van der Waals surface area contributed by atoms with Crippen LogP contribution < -0.4 is 5.32 Å². The number of aliphatic carboxylic acids is 1. The molecule has 0 aliphatic rings. The zero-order valence-corrected chi connectivity index (χ0v) is 10.6. The van der Waals surface area contributed by atoms with E-state index >= 15 is 0 Å². The number of carbonyl (C=O) groups excluding carboxylic acids is 2. The molecule has 0 spiro atoms. The van der Waals surface area contributed by atoms with E-state index in [4.69, 9.17) is 21.4 Å². The van der Waals surface area contributed by atoms with Gasteiger partial charge in [0.05, 0.1) is 6.42 Å². The minimum atomic E-state index is -1.40. The first-order valence-electron chi connectivity index (χ1n) is 5.37. The van der Waals surface area contributed by atoms with E-state index in [1.165, 1.54) is 0 Å². The molecule has 0 bridgehead atoms.